The van der Waals surface area contributed by atoms with E-state index < -0.39 is 0 Å². The Hall–Kier alpha value is -11.0. The maximum Gasteiger partial charge on any atom is 0.164 e. The van der Waals surface area contributed by atoms with E-state index in [0.29, 0.717) is 17.5 Å². The highest BCUT2D eigenvalue weighted by Crippen LogP contribution is 2.46. The van der Waals surface area contributed by atoms with Crippen LogP contribution < -0.4 is 0 Å². The zero-order valence-electron chi connectivity index (χ0n) is 44.8. The minimum atomic E-state index is 0.573. The molecule has 12 aromatic carbocycles. The molecule has 384 valence electrons. The summed E-state index contributed by atoms with van der Waals surface area (Å²) in [5.41, 5.74) is 20.3. The highest BCUT2D eigenvalue weighted by Gasteiger charge is 2.25. The van der Waals surface area contributed by atoms with Gasteiger partial charge in [0.15, 0.2) is 17.5 Å². The topological polar surface area (TPSA) is 53.5 Å². The SMILES string of the molecule is Cc1cccc(-c2ccc3c(c2)c2ccccc2n3-c2c(-c3cccc(-n4c5ccccc5c5ccccc54)c3)cc(-c3nc(-c4ccccc4)nc(-c4ccccc4)n3)cc2-c2cccc(-n3c4ccccc4c4ccccc43)c2)c1. The van der Waals surface area contributed by atoms with Crippen LogP contribution in [0.5, 0.6) is 0 Å². The molecule has 0 amide bonds. The van der Waals surface area contributed by atoms with Gasteiger partial charge >= 0.3 is 0 Å². The van der Waals surface area contributed by atoms with Crippen molar-refractivity contribution >= 4 is 65.4 Å². The molecule has 0 atom stereocenters. The van der Waals surface area contributed by atoms with Crippen molar-refractivity contribution in [1.29, 1.82) is 0 Å². The predicted octanol–water partition coefficient (Wildman–Crippen LogP) is 19.5. The molecule has 0 unspecified atom stereocenters. The first kappa shape index (κ1) is 47.1. The summed E-state index contributed by atoms with van der Waals surface area (Å²) in [6.45, 7) is 2.16. The lowest BCUT2D eigenvalue weighted by Gasteiger charge is -2.22. The van der Waals surface area contributed by atoms with E-state index in [1.807, 2.05) is 36.4 Å². The second-order valence-electron chi connectivity index (χ2n) is 21.3. The zero-order valence-corrected chi connectivity index (χ0v) is 44.8. The lowest BCUT2D eigenvalue weighted by atomic mass is 9.92. The van der Waals surface area contributed by atoms with Crippen LogP contribution in [0.3, 0.4) is 0 Å². The lowest BCUT2D eigenvalue weighted by Crippen LogP contribution is -2.05. The minimum absolute atomic E-state index is 0.573. The van der Waals surface area contributed by atoms with Crippen molar-refractivity contribution in [1.82, 2.24) is 28.7 Å². The van der Waals surface area contributed by atoms with Crippen molar-refractivity contribution in [3.8, 4) is 84.6 Å². The minimum Gasteiger partial charge on any atom is -0.309 e. The highest BCUT2D eigenvalue weighted by molar-refractivity contribution is 6.13. The molecule has 0 saturated heterocycles. The van der Waals surface area contributed by atoms with Gasteiger partial charge in [-0.1, -0.05) is 212 Å². The molecule has 4 aromatic heterocycles. The van der Waals surface area contributed by atoms with E-state index in [1.54, 1.807) is 0 Å². The fourth-order valence-electron chi connectivity index (χ4n) is 12.6. The molecule has 0 bridgehead atoms. The van der Waals surface area contributed by atoms with Crippen LogP contribution in [0.1, 0.15) is 5.56 Å². The maximum absolute atomic E-state index is 5.42. The van der Waals surface area contributed by atoms with Crippen LogP contribution in [-0.2, 0) is 0 Å². The Morgan fingerprint density at radius 1 is 0.232 bits per heavy atom. The van der Waals surface area contributed by atoms with Gasteiger partial charge in [0.05, 0.1) is 38.8 Å². The average molecular weight is 1050 g/mol. The summed E-state index contributed by atoms with van der Waals surface area (Å²) >= 11 is 0. The molecule has 16 aromatic rings. The summed E-state index contributed by atoms with van der Waals surface area (Å²) in [5.74, 6) is 1.78. The predicted molar refractivity (Wildman–Crippen MR) is 340 cm³/mol. The van der Waals surface area contributed by atoms with Gasteiger partial charge in [-0.05, 0) is 108 Å². The number of nitrogens with zero attached hydrogens (tertiary/aromatic N) is 6. The van der Waals surface area contributed by atoms with Gasteiger partial charge in [0.2, 0.25) is 0 Å². The van der Waals surface area contributed by atoms with Crippen molar-refractivity contribution < 1.29 is 0 Å². The van der Waals surface area contributed by atoms with Crippen molar-refractivity contribution in [2.45, 2.75) is 6.92 Å². The maximum atomic E-state index is 5.42. The van der Waals surface area contributed by atoms with Crippen molar-refractivity contribution in [2.24, 2.45) is 0 Å². The molecule has 0 fully saturated rings. The summed E-state index contributed by atoms with van der Waals surface area (Å²) in [7, 11) is 0. The van der Waals surface area contributed by atoms with Crippen LogP contribution >= 0.6 is 0 Å². The monoisotopic (exact) mass is 1050 g/mol. The normalized spacial score (nSPS) is 11.7. The van der Waals surface area contributed by atoms with Gasteiger partial charge in [-0.3, -0.25) is 0 Å². The zero-order chi connectivity index (χ0) is 54.3. The number of aromatic nitrogens is 6. The van der Waals surface area contributed by atoms with Gasteiger partial charge in [0, 0.05) is 71.5 Å². The second kappa shape index (κ2) is 19.2. The molecule has 0 saturated carbocycles. The van der Waals surface area contributed by atoms with Crippen LogP contribution in [0.2, 0.25) is 0 Å². The largest absolute Gasteiger partial charge is 0.309 e. The Bertz CT molecular complexity index is 4840. The summed E-state index contributed by atoms with van der Waals surface area (Å²) in [6.07, 6.45) is 0. The Balaban J connectivity index is 1.04. The molecular formula is C76H50N6. The van der Waals surface area contributed by atoms with Gasteiger partial charge in [-0.25, -0.2) is 15.0 Å². The van der Waals surface area contributed by atoms with E-state index in [-0.39, 0.29) is 0 Å². The van der Waals surface area contributed by atoms with E-state index in [0.717, 1.165) is 89.1 Å². The Kier molecular flexibility index (Phi) is 11.0. The molecule has 0 aliphatic heterocycles. The first-order valence-electron chi connectivity index (χ1n) is 27.9. The molecule has 0 spiro atoms. The number of hydrogen-bond acceptors (Lipinski definition) is 3. The van der Waals surface area contributed by atoms with Gasteiger partial charge in [0.1, 0.15) is 0 Å². The third-order valence-electron chi connectivity index (χ3n) is 16.3. The average Bonchev–Trinajstić information content (AvgIpc) is 3.88. The Morgan fingerprint density at radius 3 is 1.05 bits per heavy atom. The lowest BCUT2D eigenvalue weighted by molar-refractivity contribution is 1.07. The standard InChI is InChI=1S/C76H50N6/c1-49-21-18-26-52(43-49)53-41-42-72-66(46-53)63-35-12-17-40-71(63)82(72)73-64(54-27-19-29-57(44-54)80-67-36-13-8-31-59(67)60-32-9-14-37-68(60)80)47-56(76-78-74(50-22-4-2-5-23-50)77-75(79-76)51-24-6-3-7-25-51)48-65(73)55-28-20-30-58(45-55)81-69-38-15-10-33-61(69)62-34-11-16-39-70(62)81/h2-48H,1H3. The molecular weight excluding hydrogens is 997 g/mol. The fraction of sp³-hybridized carbons (Fsp3) is 0.0132. The number of rotatable bonds is 9. The van der Waals surface area contributed by atoms with Crippen LogP contribution in [0.25, 0.3) is 150 Å². The molecule has 6 nitrogen and oxygen atoms in total. The molecule has 0 radical (unpaired) electrons. The third-order valence-corrected chi connectivity index (χ3v) is 16.3. The van der Waals surface area contributed by atoms with Gasteiger partial charge in [-0.15, -0.1) is 0 Å². The van der Waals surface area contributed by atoms with Gasteiger partial charge in [-0.2, -0.15) is 0 Å². The Labute approximate surface area is 473 Å². The van der Waals surface area contributed by atoms with Crippen LogP contribution in [0.15, 0.2) is 285 Å². The fourth-order valence-corrected chi connectivity index (χ4v) is 12.6. The quantitative estimate of drug-likeness (QED) is 0.145. The van der Waals surface area contributed by atoms with Gasteiger partial charge < -0.3 is 13.7 Å². The third kappa shape index (κ3) is 7.76. The molecule has 4 heterocycles. The molecule has 0 aliphatic carbocycles. The second-order valence-corrected chi connectivity index (χ2v) is 21.3. The number of hydrogen-bond donors (Lipinski definition) is 0. The molecule has 16 rings (SSSR count). The first-order chi connectivity index (χ1) is 40.6. The van der Waals surface area contributed by atoms with E-state index in [9.17, 15) is 0 Å². The summed E-state index contributed by atoms with van der Waals surface area (Å²) < 4.78 is 7.33. The molecule has 6 heteroatoms. The van der Waals surface area contributed by atoms with Gasteiger partial charge in [0.25, 0.3) is 0 Å². The number of para-hydroxylation sites is 5. The van der Waals surface area contributed by atoms with Crippen molar-refractivity contribution in [2.75, 3.05) is 0 Å². The van der Waals surface area contributed by atoms with E-state index in [2.05, 4.69) is 269 Å². The van der Waals surface area contributed by atoms with E-state index in [4.69, 9.17) is 15.0 Å². The number of benzene rings is 12. The summed E-state index contributed by atoms with van der Waals surface area (Å²) in [5, 5.41) is 7.19. The van der Waals surface area contributed by atoms with Crippen LogP contribution in [0, 0.1) is 6.92 Å². The van der Waals surface area contributed by atoms with Crippen molar-refractivity contribution in [3.05, 3.63) is 291 Å². The molecule has 0 N–H and O–H groups in total. The van der Waals surface area contributed by atoms with Crippen molar-refractivity contribution in [3.63, 3.8) is 0 Å². The number of fused-ring (bicyclic) bond motifs is 9. The molecule has 82 heavy (non-hydrogen) atoms. The number of aryl methyl sites for hydroxylation is 1. The van der Waals surface area contributed by atoms with E-state index >= 15 is 0 Å². The summed E-state index contributed by atoms with van der Waals surface area (Å²) in [6, 6.07) is 103. The highest BCUT2D eigenvalue weighted by atomic mass is 15.0. The summed E-state index contributed by atoms with van der Waals surface area (Å²) in [4.78, 5) is 16.0. The first-order valence-corrected chi connectivity index (χ1v) is 27.9. The van der Waals surface area contributed by atoms with Crippen LogP contribution in [-0.4, -0.2) is 28.7 Å². The Morgan fingerprint density at radius 2 is 0.585 bits per heavy atom. The molecule has 0 aliphatic rings. The van der Waals surface area contributed by atoms with E-state index in [1.165, 1.54) is 49.0 Å². The van der Waals surface area contributed by atoms with Crippen LogP contribution in [0.4, 0.5) is 0 Å². The smallest absolute Gasteiger partial charge is 0.164 e.